The summed E-state index contributed by atoms with van der Waals surface area (Å²) in [6.45, 7) is 4.97. The number of fused-ring (bicyclic) bond motifs is 1. The predicted octanol–water partition coefficient (Wildman–Crippen LogP) is 3.96. The third-order valence-corrected chi connectivity index (χ3v) is 5.09. The zero-order chi connectivity index (χ0) is 18.6. The van der Waals surface area contributed by atoms with Crippen LogP contribution in [-0.2, 0) is 4.79 Å². The lowest BCUT2D eigenvalue weighted by molar-refractivity contribution is -0.138. The number of carbonyl (C=O) groups is 1. The number of benzene rings is 3. The third-order valence-electron chi connectivity index (χ3n) is 5.09. The maximum absolute atomic E-state index is 12.8. The monoisotopic (exact) mass is 360 g/mol. The number of amides is 1. The van der Waals surface area contributed by atoms with Crippen LogP contribution in [-0.4, -0.2) is 43.1 Å². The Bertz CT molecular complexity index is 918. The number of piperazine rings is 1. The summed E-state index contributed by atoms with van der Waals surface area (Å²) in [5.74, 6) is 0.786. The molecule has 27 heavy (non-hydrogen) atoms. The Labute approximate surface area is 160 Å². The molecule has 3 aromatic rings. The van der Waals surface area contributed by atoms with Crippen molar-refractivity contribution in [3.05, 3.63) is 72.8 Å². The van der Waals surface area contributed by atoms with Crippen molar-refractivity contribution in [1.82, 2.24) is 4.90 Å². The molecular weight excluding hydrogens is 336 g/mol. The molecule has 0 bridgehead atoms. The van der Waals surface area contributed by atoms with Crippen LogP contribution in [0.15, 0.2) is 72.8 Å². The molecule has 0 aliphatic carbocycles. The summed E-state index contributed by atoms with van der Waals surface area (Å²) < 4.78 is 5.94. The van der Waals surface area contributed by atoms with Crippen LogP contribution in [0.25, 0.3) is 10.8 Å². The van der Waals surface area contributed by atoms with E-state index in [-0.39, 0.29) is 5.91 Å². The van der Waals surface area contributed by atoms with Crippen molar-refractivity contribution in [1.29, 1.82) is 0 Å². The van der Waals surface area contributed by atoms with Gasteiger partial charge in [-0.15, -0.1) is 0 Å². The smallest absolute Gasteiger partial charge is 0.263 e. The Balaban J connectivity index is 1.36. The second-order valence-electron chi connectivity index (χ2n) is 6.92. The van der Waals surface area contributed by atoms with Crippen molar-refractivity contribution < 1.29 is 9.53 Å². The quantitative estimate of drug-likeness (QED) is 0.706. The molecule has 1 aliphatic rings. The highest BCUT2D eigenvalue weighted by atomic mass is 16.5. The second kappa shape index (κ2) is 7.70. The fourth-order valence-corrected chi connectivity index (χ4v) is 3.58. The van der Waals surface area contributed by atoms with Crippen molar-refractivity contribution >= 4 is 22.4 Å². The molecule has 0 radical (unpaired) electrons. The Morgan fingerprint density at radius 3 is 2.26 bits per heavy atom. The summed E-state index contributed by atoms with van der Waals surface area (Å²) in [5, 5.41) is 2.28. The fraction of sp³-hybridized carbons (Fsp3) is 0.261. The van der Waals surface area contributed by atoms with Gasteiger partial charge in [-0.05, 0) is 42.0 Å². The average molecular weight is 360 g/mol. The van der Waals surface area contributed by atoms with Gasteiger partial charge in [0.1, 0.15) is 5.75 Å². The van der Waals surface area contributed by atoms with E-state index in [1.54, 1.807) is 0 Å². The molecule has 4 heteroatoms. The summed E-state index contributed by atoms with van der Waals surface area (Å²) in [5.41, 5.74) is 1.21. The molecule has 1 atom stereocenters. The number of hydrogen-bond donors (Lipinski definition) is 0. The molecule has 0 spiro atoms. The van der Waals surface area contributed by atoms with Crippen molar-refractivity contribution in [2.75, 3.05) is 31.1 Å². The first-order valence-corrected chi connectivity index (χ1v) is 9.45. The van der Waals surface area contributed by atoms with Crippen LogP contribution in [0, 0.1) is 0 Å². The highest BCUT2D eigenvalue weighted by Gasteiger charge is 2.26. The molecule has 1 amide bonds. The molecule has 1 aliphatic heterocycles. The van der Waals surface area contributed by atoms with E-state index in [0.29, 0.717) is 0 Å². The van der Waals surface area contributed by atoms with Gasteiger partial charge in [0.2, 0.25) is 0 Å². The maximum Gasteiger partial charge on any atom is 0.263 e. The average Bonchev–Trinajstić information content (AvgIpc) is 2.74. The minimum Gasteiger partial charge on any atom is -0.481 e. The summed E-state index contributed by atoms with van der Waals surface area (Å²) >= 11 is 0. The zero-order valence-corrected chi connectivity index (χ0v) is 15.5. The van der Waals surface area contributed by atoms with Crippen LogP contribution in [0.5, 0.6) is 5.75 Å². The molecule has 1 saturated heterocycles. The van der Waals surface area contributed by atoms with Crippen molar-refractivity contribution in [3.63, 3.8) is 0 Å². The molecule has 138 valence electrons. The zero-order valence-electron chi connectivity index (χ0n) is 15.5. The molecular formula is C23H24N2O2. The molecule has 1 fully saturated rings. The van der Waals surface area contributed by atoms with E-state index >= 15 is 0 Å². The number of rotatable bonds is 4. The van der Waals surface area contributed by atoms with E-state index in [1.165, 1.54) is 11.1 Å². The molecule has 1 heterocycles. The van der Waals surface area contributed by atoms with E-state index < -0.39 is 6.10 Å². The molecule has 0 aromatic heterocycles. The Hall–Kier alpha value is -3.01. The third kappa shape index (κ3) is 3.90. The van der Waals surface area contributed by atoms with Gasteiger partial charge in [0.25, 0.3) is 5.91 Å². The normalized spacial score (nSPS) is 15.6. The van der Waals surface area contributed by atoms with Gasteiger partial charge in [-0.3, -0.25) is 4.79 Å². The summed E-state index contributed by atoms with van der Waals surface area (Å²) in [6.07, 6.45) is -0.491. The van der Waals surface area contributed by atoms with Crippen molar-refractivity contribution in [2.45, 2.75) is 13.0 Å². The number of hydrogen-bond acceptors (Lipinski definition) is 3. The van der Waals surface area contributed by atoms with Gasteiger partial charge in [0, 0.05) is 31.9 Å². The van der Waals surface area contributed by atoms with Gasteiger partial charge < -0.3 is 14.5 Å². The van der Waals surface area contributed by atoms with E-state index in [0.717, 1.165) is 37.3 Å². The molecule has 0 saturated carbocycles. The van der Waals surface area contributed by atoms with Gasteiger partial charge >= 0.3 is 0 Å². The number of anilines is 1. The van der Waals surface area contributed by atoms with Crippen LogP contribution in [0.2, 0.25) is 0 Å². The maximum atomic E-state index is 12.8. The second-order valence-corrected chi connectivity index (χ2v) is 6.92. The number of carbonyl (C=O) groups excluding carboxylic acids is 1. The first-order chi connectivity index (χ1) is 13.2. The first kappa shape index (κ1) is 17.4. The lowest BCUT2D eigenvalue weighted by atomic mass is 10.1. The van der Waals surface area contributed by atoms with Crippen LogP contribution in [0.4, 0.5) is 5.69 Å². The molecule has 4 nitrogen and oxygen atoms in total. The lowest BCUT2D eigenvalue weighted by Gasteiger charge is -2.37. The summed E-state index contributed by atoms with van der Waals surface area (Å²) in [7, 11) is 0. The highest BCUT2D eigenvalue weighted by molar-refractivity contribution is 5.84. The number of ether oxygens (including phenoxy) is 1. The lowest BCUT2D eigenvalue weighted by Crippen LogP contribution is -2.52. The van der Waals surface area contributed by atoms with Crippen molar-refractivity contribution in [3.8, 4) is 5.75 Å². The Morgan fingerprint density at radius 1 is 0.852 bits per heavy atom. The minimum absolute atomic E-state index is 0.0517. The molecule has 3 aromatic carbocycles. The highest BCUT2D eigenvalue weighted by Crippen LogP contribution is 2.22. The van der Waals surface area contributed by atoms with Gasteiger partial charge in [-0.2, -0.15) is 0 Å². The van der Waals surface area contributed by atoms with Gasteiger partial charge in [-0.25, -0.2) is 0 Å². The fourth-order valence-electron chi connectivity index (χ4n) is 3.58. The predicted molar refractivity (Wildman–Crippen MR) is 109 cm³/mol. The van der Waals surface area contributed by atoms with Gasteiger partial charge in [0.15, 0.2) is 6.10 Å². The van der Waals surface area contributed by atoms with Gasteiger partial charge in [-0.1, -0.05) is 48.5 Å². The number of nitrogens with zero attached hydrogens (tertiary/aromatic N) is 2. The van der Waals surface area contributed by atoms with E-state index in [1.807, 2.05) is 60.4 Å². The molecule has 0 N–H and O–H groups in total. The van der Waals surface area contributed by atoms with Crippen molar-refractivity contribution in [2.24, 2.45) is 0 Å². The van der Waals surface area contributed by atoms with Gasteiger partial charge in [0.05, 0.1) is 0 Å². The van der Waals surface area contributed by atoms with E-state index in [4.69, 9.17) is 4.74 Å². The SMILES string of the molecule is C[C@H](Oc1ccc2ccccc2c1)C(=O)N1CCN(c2ccccc2)CC1. The molecule has 4 rings (SSSR count). The standard InChI is InChI=1S/C23H24N2O2/c1-18(27-22-12-11-19-7-5-6-8-20(19)17-22)23(26)25-15-13-24(14-16-25)21-9-3-2-4-10-21/h2-12,17-18H,13-16H2,1H3/t18-/m0/s1. The van der Waals surface area contributed by atoms with E-state index in [9.17, 15) is 4.79 Å². The van der Waals surface area contributed by atoms with Crippen LogP contribution in [0.1, 0.15) is 6.92 Å². The largest absolute Gasteiger partial charge is 0.481 e. The Kier molecular flexibility index (Phi) is 4.97. The van der Waals surface area contributed by atoms with Crippen LogP contribution < -0.4 is 9.64 Å². The first-order valence-electron chi connectivity index (χ1n) is 9.45. The summed E-state index contributed by atoms with van der Waals surface area (Å²) in [6, 6.07) is 24.4. The van der Waals surface area contributed by atoms with Crippen LogP contribution >= 0.6 is 0 Å². The Morgan fingerprint density at radius 2 is 1.52 bits per heavy atom. The summed E-state index contributed by atoms with van der Waals surface area (Å²) in [4.78, 5) is 17.0. The minimum atomic E-state index is -0.491. The topological polar surface area (TPSA) is 32.8 Å². The van der Waals surface area contributed by atoms with Crippen LogP contribution in [0.3, 0.4) is 0 Å². The number of para-hydroxylation sites is 1. The van der Waals surface area contributed by atoms with E-state index in [2.05, 4.69) is 29.2 Å². The molecule has 0 unspecified atom stereocenters.